The molecule has 116 valence electrons. The van der Waals surface area contributed by atoms with Gasteiger partial charge >= 0.3 is 0 Å². The van der Waals surface area contributed by atoms with Gasteiger partial charge in [-0.1, -0.05) is 30.3 Å². The van der Waals surface area contributed by atoms with E-state index in [0.29, 0.717) is 19.6 Å². The van der Waals surface area contributed by atoms with Gasteiger partial charge in [0.1, 0.15) is 0 Å². The molecule has 0 radical (unpaired) electrons. The van der Waals surface area contributed by atoms with Gasteiger partial charge in [-0.15, -0.1) is 0 Å². The molecule has 2 rings (SSSR count). The van der Waals surface area contributed by atoms with Crippen LogP contribution in [0.5, 0.6) is 0 Å². The van der Waals surface area contributed by atoms with Crippen molar-refractivity contribution in [1.82, 2.24) is 4.90 Å². The van der Waals surface area contributed by atoms with Crippen molar-refractivity contribution in [3.05, 3.63) is 35.9 Å². The molecule has 0 saturated carbocycles. The highest BCUT2D eigenvalue weighted by Gasteiger charge is 2.31. The number of benzene rings is 1. The number of aryl methyl sites for hydroxylation is 1. The highest BCUT2D eigenvalue weighted by Crippen LogP contribution is 2.14. The third-order valence-corrected chi connectivity index (χ3v) is 3.90. The van der Waals surface area contributed by atoms with Crippen LogP contribution in [0, 0.1) is 0 Å². The molecule has 2 unspecified atom stereocenters. The lowest BCUT2D eigenvalue weighted by atomic mass is 10.0. The molecule has 3 N–H and O–H groups in total. The normalized spacial score (nSPS) is 23.9. The first-order valence-electron chi connectivity index (χ1n) is 7.44. The molecule has 1 aromatic carbocycles. The van der Waals surface area contributed by atoms with E-state index in [1.54, 1.807) is 4.90 Å². The third-order valence-electron chi connectivity index (χ3n) is 3.90. The summed E-state index contributed by atoms with van der Waals surface area (Å²) >= 11 is 0. The van der Waals surface area contributed by atoms with Crippen molar-refractivity contribution in [2.24, 2.45) is 5.73 Å². The fourth-order valence-electron chi connectivity index (χ4n) is 2.54. The van der Waals surface area contributed by atoms with Crippen LogP contribution in [0.25, 0.3) is 0 Å². The number of morpholine rings is 1. The number of ether oxygens (including phenoxy) is 1. The van der Waals surface area contributed by atoms with Gasteiger partial charge in [-0.2, -0.15) is 0 Å². The number of carbonyl (C=O) groups is 1. The van der Waals surface area contributed by atoms with Gasteiger partial charge in [0.05, 0.1) is 31.4 Å². The highest BCUT2D eigenvalue weighted by atomic mass is 16.5. The van der Waals surface area contributed by atoms with Gasteiger partial charge in [0, 0.05) is 6.54 Å². The number of hydrogen-bond acceptors (Lipinski definition) is 4. The Bertz CT molecular complexity index is 452. The first-order valence-corrected chi connectivity index (χ1v) is 7.44. The summed E-state index contributed by atoms with van der Waals surface area (Å²) in [5, 5.41) is 9.17. The van der Waals surface area contributed by atoms with Gasteiger partial charge in [0.2, 0.25) is 5.91 Å². The third kappa shape index (κ3) is 4.27. The zero-order chi connectivity index (χ0) is 15.2. The van der Waals surface area contributed by atoms with Crippen molar-refractivity contribution >= 4 is 5.91 Å². The van der Waals surface area contributed by atoms with Crippen LogP contribution < -0.4 is 5.73 Å². The maximum Gasteiger partial charge on any atom is 0.239 e. The molecule has 0 aromatic heterocycles. The summed E-state index contributed by atoms with van der Waals surface area (Å²) in [7, 11) is 0. The zero-order valence-corrected chi connectivity index (χ0v) is 12.4. The van der Waals surface area contributed by atoms with Crippen molar-refractivity contribution in [2.75, 3.05) is 19.8 Å². The largest absolute Gasteiger partial charge is 0.394 e. The molecule has 1 aliphatic heterocycles. The van der Waals surface area contributed by atoms with Crippen molar-refractivity contribution in [1.29, 1.82) is 0 Å². The highest BCUT2D eigenvalue weighted by molar-refractivity contribution is 5.82. The molecule has 1 fully saturated rings. The Hall–Kier alpha value is -1.43. The molecule has 0 aliphatic carbocycles. The maximum absolute atomic E-state index is 12.5. The smallest absolute Gasteiger partial charge is 0.239 e. The van der Waals surface area contributed by atoms with Gasteiger partial charge in [-0.3, -0.25) is 4.79 Å². The lowest BCUT2D eigenvalue weighted by Crippen LogP contribution is -2.56. The quantitative estimate of drug-likeness (QED) is 0.831. The van der Waals surface area contributed by atoms with Crippen molar-refractivity contribution in [3.63, 3.8) is 0 Å². The molecule has 3 atom stereocenters. The van der Waals surface area contributed by atoms with Crippen LogP contribution in [0.3, 0.4) is 0 Å². The lowest BCUT2D eigenvalue weighted by molar-refractivity contribution is -0.147. The molecule has 0 bridgehead atoms. The Labute approximate surface area is 125 Å². The van der Waals surface area contributed by atoms with E-state index < -0.39 is 6.04 Å². The van der Waals surface area contributed by atoms with Crippen LogP contribution >= 0.6 is 0 Å². The SMILES string of the molecule is CC1COC(CO)CN1C(=O)[C@@H](N)CCc1ccccc1. The molecule has 21 heavy (non-hydrogen) atoms. The van der Waals surface area contributed by atoms with Crippen LogP contribution in [0.1, 0.15) is 18.9 Å². The molecule has 5 nitrogen and oxygen atoms in total. The summed E-state index contributed by atoms with van der Waals surface area (Å²) in [6.45, 7) is 2.73. The van der Waals surface area contributed by atoms with Crippen molar-refractivity contribution in [2.45, 2.75) is 38.0 Å². The summed E-state index contributed by atoms with van der Waals surface area (Å²) in [5.74, 6) is -0.0554. The molecular formula is C16H24N2O3. The fourth-order valence-corrected chi connectivity index (χ4v) is 2.54. The summed E-state index contributed by atoms with van der Waals surface area (Å²) in [4.78, 5) is 14.2. The minimum Gasteiger partial charge on any atom is -0.394 e. The van der Waals surface area contributed by atoms with E-state index >= 15 is 0 Å². The second-order valence-corrected chi connectivity index (χ2v) is 5.61. The first-order chi connectivity index (χ1) is 10.1. The number of nitrogens with zero attached hydrogens (tertiary/aromatic N) is 1. The van der Waals surface area contributed by atoms with E-state index in [1.807, 2.05) is 37.3 Å². The molecule has 5 heteroatoms. The number of hydrogen-bond donors (Lipinski definition) is 2. The van der Waals surface area contributed by atoms with Gasteiger partial charge in [-0.25, -0.2) is 0 Å². The second kappa shape index (κ2) is 7.54. The van der Waals surface area contributed by atoms with Crippen LogP contribution in [0.2, 0.25) is 0 Å². The standard InChI is InChI=1S/C16H24N2O3/c1-12-11-21-14(10-19)9-18(12)16(20)15(17)8-7-13-5-3-2-4-6-13/h2-6,12,14-15,19H,7-11,17H2,1H3/t12?,14?,15-/m0/s1. The minimum atomic E-state index is -0.509. The number of carbonyl (C=O) groups excluding carboxylic acids is 1. The predicted molar refractivity (Wildman–Crippen MR) is 80.7 cm³/mol. The van der Waals surface area contributed by atoms with Crippen LogP contribution in [-0.2, 0) is 16.0 Å². The number of nitrogens with two attached hydrogens (primary N) is 1. The van der Waals surface area contributed by atoms with Gasteiger partial charge in [0.15, 0.2) is 0 Å². The molecule has 1 aromatic rings. The summed E-state index contributed by atoms with van der Waals surface area (Å²) < 4.78 is 5.44. The van der Waals surface area contributed by atoms with Gasteiger partial charge < -0.3 is 20.5 Å². The van der Waals surface area contributed by atoms with E-state index in [2.05, 4.69) is 0 Å². The molecule has 1 heterocycles. The molecular weight excluding hydrogens is 268 g/mol. The molecule has 1 saturated heterocycles. The lowest BCUT2D eigenvalue weighted by Gasteiger charge is -2.38. The Morgan fingerprint density at radius 1 is 1.48 bits per heavy atom. The average Bonchev–Trinajstić information content (AvgIpc) is 2.53. The second-order valence-electron chi connectivity index (χ2n) is 5.61. The number of rotatable bonds is 5. The summed E-state index contributed by atoms with van der Waals surface area (Å²) in [5.41, 5.74) is 7.23. The van der Waals surface area contributed by atoms with Crippen molar-refractivity contribution < 1.29 is 14.6 Å². The number of aliphatic hydroxyl groups is 1. The first kappa shape index (κ1) is 15.9. The maximum atomic E-state index is 12.5. The van der Waals surface area contributed by atoms with E-state index in [0.717, 1.165) is 6.42 Å². The van der Waals surface area contributed by atoms with E-state index in [9.17, 15) is 9.90 Å². The van der Waals surface area contributed by atoms with Gasteiger partial charge in [0.25, 0.3) is 0 Å². The monoisotopic (exact) mass is 292 g/mol. The van der Waals surface area contributed by atoms with E-state index in [4.69, 9.17) is 10.5 Å². The minimum absolute atomic E-state index is 0.00285. The Kier molecular flexibility index (Phi) is 5.73. The zero-order valence-electron chi connectivity index (χ0n) is 12.4. The molecule has 1 amide bonds. The van der Waals surface area contributed by atoms with E-state index in [1.165, 1.54) is 5.56 Å². The van der Waals surface area contributed by atoms with Gasteiger partial charge in [-0.05, 0) is 25.3 Å². The van der Waals surface area contributed by atoms with Crippen LogP contribution in [0.15, 0.2) is 30.3 Å². The topological polar surface area (TPSA) is 75.8 Å². The van der Waals surface area contributed by atoms with Crippen molar-refractivity contribution in [3.8, 4) is 0 Å². The van der Waals surface area contributed by atoms with Crippen LogP contribution in [-0.4, -0.2) is 53.9 Å². The Balaban J connectivity index is 1.89. The van der Waals surface area contributed by atoms with Crippen LogP contribution in [0.4, 0.5) is 0 Å². The number of amides is 1. The molecule has 1 aliphatic rings. The predicted octanol–water partition coefficient (Wildman–Crippen LogP) is 0.555. The molecule has 0 spiro atoms. The fraction of sp³-hybridized carbons (Fsp3) is 0.562. The Morgan fingerprint density at radius 2 is 2.19 bits per heavy atom. The average molecular weight is 292 g/mol. The summed E-state index contributed by atoms with van der Waals surface area (Å²) in [6.07, 6.45) is 1.11. The Morgan fingerprint density at radius 3 is 2.86 bits per heavy atom. The summed E-state index contributed by atoms with van der Waals surface area (Å²) in [6, 6.07) is 9.51. The number of aliphatic hydroxyl groups excluding tert-OH is 1. The van der Waals surface area contributed by atoms with E-state index in [-0.39, 0.29) is 24.7 Å².